The van der Waals surface area contributed by atoms with Crippen molar-refractivity contribution in [1.29, 1.82) is 0 Å². The van der Waals surface area contributed by atoms with Gasteiger partial charge in [-0.1, -0.05) is 69.2 Å². The van der Waals surface area contributed by atoms with Crippen molar-refractivity contribution in [2.75, 3.05) is 46.1 Å². The molecule has 1 saturated heterocycles. The van der Waals surface area contributed by atoms with Crippen LogP contribution in [0.25, 0.3) is 0 Å². The highest BCUT2D eigenvalue weighted by molar-refractivity contribution is 7.47. The number of nitrogens with zero attached hydrogens (tertiary/aromatic N) is 1. The van der Waals surface area contributed by atoms with Crippen molar-refractivity contribution in [2.45, 2.75) is 127 Å². The standard InChI is InChI=1S/C14H28NO5P.C11H23NO2.C9H20N2O/c1-11(2)9-14(16)15-7-5-13(6-8-15)20-21(17,18)19-10-12(3)4;1-9(2)5-7-14-8-6-12-11(13)10(3)4;1-7(2)5-9(12)11-6-10-8(3)4/h11-13H,5-10H2,1-4H3,(H,17,18);9-10H,5-8H2,1-4H3,(H,12,13);7-8,10H,5-6H2,1-4H3,(H,11,12). The predicted molar refractivity (Wildman–Crippen MR) is 190 cm³/mol. The van der Waals surface area contributed by atoms with Gasteiger partial charge in [-0.2, -0.15) is 0 Å². The lowest BCUT2D eigenvalue weighted by Crippen LogP contribution is -2.41. The third kappa shape index (κ3) is 31.5. The normalized spacial score (nSPS) is 15.0. The molecule has 0 radical (unpaired) electrons. The zero-order valence-electron chi connectivity index (χ0n) is 31.7. The molecule has 0 aromatic heterocycles. The highest BCUT2D eigenvalue weighted by Crippen LogP contribution is 2.46. The lowest BCUT2D eigenvalue weighted by atomic mass is 10.1. The van der Waals surface area contributed by atoms with Crippen LogP contribution in [0.1, 0.15) is 115 Å². The van der Waals surface area contributed by atoms with Gasteiger partial charge in [0, 0.05) is 51.0 Å². The first kappa shape index (κ1) is 47.6. The van der Waals surface area contributed by atoms with Gasteiger partial charge in [0.2, 0.25) is 17.7 Å². The van der Waals surface area contributed by atoms with Crippen LogP contribution in [0.3, 0.4) is 0 Å². The van der Waals surface area contributed by atoms with Gasteiger partial charge in [0.15, 0.2) is 0 Å². The van der Waals surface area contributed by atoms with E-state index in [9.17, 15) is 23.8 Å². The van der Waals surface area contributed by atoms with Gasteiger partial charge in [-0.25, -0.2) is 4.57 Å². The largest absolute Gasteiger partial charge is 0.472 e. The van der Waals surface area contributed by atoms with Crippen LogP contribution in [0.2, 0.25) is 0 Å². The van der Waals surface area contributed by atoms with Crippen molar-refractivity contribution in [2.24, 2.45) is 29.6 Å². The van der Waals surface area contributed by atoms with Crippen LogP contribution in [0, 0.1) is 29.6 Å². The Balaban J connectivity index is 0. The molecule has 0 aliphatic carbocycles. The van der Waals surface area contributed by atoms with Crippen molar-refractivity contribution in [3.8, 4) is 0 Å². The quantitative estimate of drug-likeness (QED) is 0.0753. The monoisotopic (exact) mass is 695 g/mol. The summed E-state index contributed by atoms with van der Waals surface area (Å²) in [7, 11) is -3.98. The van der Waals surface area contributed by atoms with E-state index in [1.165, 1.54) is 0 Å². The summed E-state index contributed by atoms with van der Waals surface area (Å²) in [6.45, 7) is 28.0. The van der Waals surface area contributed by atoms with Gasteiger partial charge in [-0.15, -0.1) is 0 Å². The van der Waals surface area contributed by atoms with E-state index in [4.69, 9.17) is 13.8 Å². The minimum Gasteiger partial charge on any atom is -0.380 e. The summed E-state index contributed by atoms with van der Waals surface area (Å²) < 4.78 is 27.3. The fourth-order valence-electron chi connectivity index (χ4n) is 3.82. The number of piperidine rings is 1. The molecule has 1 fully saturated rings. The molecule has 13 heteroatoms. The van der Waals surface area contributed by atoms with Gasteiger partial charge < -0.3 is 25.2 Å². The summed E-state index contributed by atoms with van der Waals surface area (Å²) >= 11 is 0. The molecule has 280 valence electrons. The Kier molecular flexibility index (Phi) is 27.6. The summed E-state index contributed by atoms with van der Waals surface area (Å²) in [4.78, 5) is 45.6. The smallest absolute Gasteiger partial charge is 0.380 e. The molecule has 4 N–H and O–H groups in total. The number of rotatable bonds is 19. The molecule has 1 heterocycles. The highest BCUT2D eigenvalue weighted by atomic mass is 31.2. The zero-order chi connectivity index (χ0) is 36.6. The van der Waals surface area contributed by atoms with Crippen LogP contribution < -0.4 is 16.0 Å². The number of hydrogen-bond donors (Lipinski definition) is 4. The van der Waals surface area contributed by atoms with E-state index in [-0.39, 0.29) is 42.3 Å². The van der Waals surface area contributed by atoms with Gasteiger partial charge in [-0.05, 0) is 56.8 Å². The van der Waals surface area contributed by atoms with Crippen molar-refractivity contribution in [3.05, 3.63) is 0 Å². The fourth-order valence-corrected chi connectivity index (χ4v) is 4.95. The first-order valence-corrected chi connectivity index (χ1v) is 19.0. The lowest BCUT2D eigenvalue weighted by molar-refractivity contribution is -0.133. The average Bonchev–Trinajstić information content (AvgIpc) is 2.93. The van der Waals surface area contributed by atoms with Crippen molar-refractivity contribution < 1.29 is 37.6 Å². The van der Waals surface area contributed by atoms with Gasteiger partial charge in [0.1, 0.15) is 0 Å². The van der Waals surface area contributed by atoms with E-state index in [1.54, 1.807) is 4.90 Å². The average molecular weight is 695 g/mol. The van der Waals surface area contributed by atoms with E-state index in [0.717, 1.165) is 13.0 Å². The minimum absolute atomic E-state index is 0.0608. The molecule has 0 spiro atoms. The molecule has 0 aromatic rings. The van der Waals surface area contributed by atoms with Gasteiger partial charge in [0.25, 0.3) is 0 Å². The minimum atomic E-state index is -3.98. The molecule has 0 aromatic carbocycles. The Bertz CT molecular complexity index is 876. The lowest BCUT2D eigenvalue weighted by Gasteiger charge is -2.32. The Morgan fingerprint density at radius 1 is 0.809 bits per heavy atom. The van der Waals surface area contributed by atoms with Gasteiger partial charge >= 0.3 is 7.82 Å². The second kappa shape index (κ2) is 27.3. The summed E-state index contributed by atoms with van der Waals surface area (Å²) in [5, 5.41) is 8.72. The Morgan fingerprint density at radius 2 is 1.38 bits per heavy atom. The van der Waals surface area contributed by atoms with Crippen LogP contribution in [0.4, 0.5) is 0 Å². The van der Waals surface area contributed by atoms with Crippen LogP contribution in [-0.2, 0) is 32.7 Å². The molecule has 1 aliphatic rings. The van der Waals surface area contributed by atoms with E-state index in [0.29, 0.717) is 82.4 Å². The topological polar surface area (TPSA) is 156 Å². The van der Waals surface area contributed by atoms with E-state index < -0.39 is 7.82 Å². The van der Waals surface area contributed by atoms with Crippen molar-refractivity contribution in [1.82, 2.24) is 20.9 Å². The maximum Gasteiger partial charge on any atom is 0.472 e. The van der Waals surface area contributed by atoms with Crippen LogP contribution in [0.15, 0.2) is 0 Å². The fraction of sp³-hybridized carbons (Fsp3) is 0.912. The van der Waals surface area contributed by atoms with E-state index >= 15 is 0 Å². The number of likely N-dealkylation sites (tertiary alicyclic amines) is 1. The third-order valence-electron chi connectivity index (χ3n) is 6.53. The predicted octanol–water partition coefficient (Wildman–Crippen LogP) is 5.74. The molecule has 0 bridgehead atoms. The summed E-state index contributed by atoms with van der Waals surface area (Å²) in [6.07, 6.45) is 3.05. The number of ether oxygens (including phenoxy) is 1. The molecule has 1 atom stereocenters. The number of amides is 3. The SMILES string of the molecule is CC(C)CC(=O)NCNC(C)C.CC(C)CCOCCNC(=O)C(C)C.CC(C)COP(=O)(O)OC1CCN(C(=O)CC(C)C)CC1. The van der Waals surface area contributed by atoms with E-state index in [2.05, 4.69) is 43.6 Å². The molecule has 1 aliphatic heterocycles. The Labute approximate surface area is 286 Å². The number of carbonyl (C=O) groups is 3. The van der Waals surface area contributed by atoms with Crippen molar-refractivity contribution >= 4 is 25.5 Å². The van der Waals surface area contributed by atoms with Gasteiger partial charge in [0.05, 0.1) is 26.0 Å². The highest BCUT2D eigenvalue weighted by Gasteiger charge is 2.31. The third-order valence-corrected chi connectivity index (χ3v) is 7.57. The molecule has 0 saturated carbocycles. The number of nitrogens with one attached hydrogen (secondary N) is 3. The number of carbonyl (C=O) groups excluding carboxylic acids is 3. The Hall–Kier alpha value is -1.56. The molecule has 1 rings (SSSR count). The maximum absolute atomic E-state index is 11.9. The summed E-state index contributed by atoms with van der Waals surface area (Å²) in [6, 6.07) is 0.421. The summed E-state index contributed by atoms with van der Waals surface area (Å²) in [5.41, 5.74) is 0. The first-order valence-electron chi connectivity index (χ1n) is 17.5. The molecular formula is C34H71N4O8P. The number of phosphoric ester groups is 1. The molecular weight excluding hydrogens is 623 g/mol. The number of hydrogen-bond acceptors (Lipinski definition) is 8. The molecule has 12 nitrogen and oxygen atoms in total. The van der Waals surface area contributed by atoms with Crippen LogP contribution in [-0.4, -0.2) is 85.8 Å². The zero-order valence-corrected chi connectivity index (χ0v) is 32.6. The van der Waals surface area contributed by atoms with Crippen LogP contribution in [0.5, 0.6) is 0 Å². The second-order valence-corrected chi connectivity index (χ2v) is 15.8. The van der Waals surface area contributed by atoms with Crippen LogP contribution >= 0.6 is 7.82 Å². The summed E-state index contributed by atoms with van der Waals surface area (Å²) in [5.74, 6) is 2.05. The molecule has 3 amide bonds. The second-order valence-electron chi connectivity index (χ2n) is 14.4. The maximum atomic E-state index is 11.9. The van der Waals surface area contributed by atoms with Crippen molar-refractivity contribution in [3.63, 3.8) is 0 Å². The molecule has 1 unspecified atom stereocenters. The Morgan fingerprint density at radius 3 is 1.85 bits per heavy atom. The molecule has 47 heavy (non-hydrogen) atoms. The van der Waals surface area contributed by atoms with Gasteiger partial charge in [-0.3, -0.25) is 28.7 Å². The van der Waals surface area contributed by atoms with E-state index in [1.807, 2.05) is 55.4 Å². The number of phosphoric acid groups is 1. The first-order chi connectivity index (χ1) is 21.7.